The number of benzene rings is 5. The molecule has 0 spiro atoms. The molecule has 354 valence electrons. The van der Waals surface area contributed by atoms with Crippen LogP contribution < -0.4 is 0 Å². The summed E-state index contributed by atoms with van der Waals surface area (Å²) in [5.41, 5.74) is 7.65. The second-order valence-electron chi connectivity index (χ2n) is 20.1. The quantitative estimate of drug-likeness (QED) is 0.0719. The predicted molar refractivity (Wildman–Crippen MR) is 262 cm³/mol. The summed E-state index contributed by atoms with van der Waals surface area (Å²) >= 11 is 0. The maximum Gasteiger partial charge on any atom is 1.00 e. The molecule has 0 aliphatic heterocycles. The van der Waals surface area contributed by atoms with E-state index in [1.165, 1.54) is 27.8 Å². The summed E-state index contributed by atoms with van der Waals surface area (Å²) in [7, 11) is -6.09. The van der Waals surface area contributed by atoms with Crippen molar-refractivity contribution in [1.82, 2.24) is 4.98 Å². The van der Waals surface area contributed by atoms with E-state index in [1.54, 1.807) is 0 Å². The van der Waals surface area contributed by atoms with Crippen molar-refractivity contribution in [3.63, 3.8) is 0 Å². The van der Waals surface area contributed by atoms with Gasteiger partial charge in [-0.15, -0.1) is 0 Å². The van der Waals surface area contributed by atoms with E-state index in [-0.39, 0.29) is 44.0 Å². The van der Waals surface area contributed by atoms with Crippen LogP contribution >= 0.6 is 0 Å². The van der Waals surface area contributed by atoms with Crippen molar-refractivity contribution in [2.45, 2.75) is 117 Å². The van der Waals surface area contributed by atoms with Crippen LogP contribution in [-0.2, 0) is 54.2 Å². The average molecular weight is 1010 g/mol. The second-order valence-corrected chi connectivity index (χ2v) is 21.5. The van der Waals surface area contributed by atoms with Gasteiger partial charge in [0.2, 0.25) is 0 Å². The maximum atomic E-state index is 10.7. The fourth-order valence-corrected chi connectivity index (χ4v) is 6.65. The monoisotopic (exact) mass is 1010 g/mol. The van der Waals surface area contributed by atoms with Gasteiger partial charge in [-0.2, -0.15) is 13.2 Å². The number of alkyl halides is 3. The van der Waals surface area contributed by atoms with Crippen molar-refractivity contribution >= 4 is 32.9 Å². The number of nitrogens with zero attached hydrogens (tertiary/aromatic N) is 3. The van der Waals surface area contributed by atoms with Gasteiger partial charge in [0, 0.05) is 11.1 Å². The molecular formula is C55H63AgF3N3O3S. The van der Waals surface area contributed by atoms with Gasteiger partial charge in [-0.05, 0) is 75.1 Å². The molecule has 66 heavy (non-hydrogen) atoms. The van der Waals surface area contributed by atoms with Crippen LogP contribution in [0.4, 0.5) is 24.5 Å². The molecule has 0 radical (unpaired) electrons. The van der Waals surface area contributed by atoms with Crippen molar-refractivity contribution in [3.8, 4) is 0 Å². The molecule has 11 heteroatoms. The van der Waals surface area contributed by atoms with Gasteiger partial charge in [0.15, 0.2) is 10.1 Å². The molecule has 1 aromatic heterocycles. The molecule has 0 bridgehead atoms. The summed E-state index contributed by atoms with van der Waals surface area (Å²) in [6, 6.07) is 50.9. The summed E-state index contributed by atoms with van der Waals surface area (Å²) < 4.78 is 58.9. The number of rotatable bonds is 6. The standard InChI is InChI=1S/C47H55N3.C7H8.CHF3O3S.Ag/c1-44(2,3)34-26-28-36(46(7,8)9)40(30-34)49-42(32-20-15-13-16-21-32)38-24-19-25-39(48-38)43(33-22-17-14-18-23-33)50-41-31-35(45(4,5)6)27-29-37(41)47(10,11)12;1-7-5-3-2-4-6-7;2-1(3,4)8(5,6)7;/h13-31H,1-12H3;2-6H,1H3;(H,5,6,7);/q;;;+1/p-1. The molecule has 0 N–H and O–H groups in total. The van der Waals surface area contributed by atoms with Crippen LogP contribution in [0, 0.1) is 6.92 Å². The van der Waals surface area contributed by atoms with Crippen molar-refractivity contribution in [2.24, 2.45) is 9.98 Å². The number of aromatic nitrogens is 1. The third-order valence-electron chi connectivity index (χ3n) is 10.4. The molecule has 0 amide bonds. The molecule has 0 unspecified atom stereocenters. The maximum absolute atomic E-state index is 10.7. The Labute approximate surface area is 407 Å². The first-order valence-corrected chi connectivity index (χ1v) is 23.0. The first-order chi connectivity index (χ1) is 30.0. The summed E-state index contributed by atoms with van der Waals surface area (Å²) in [6.45, 7) is 29.1. The van der Waals surface area contributed by atoms with E-state index in [4.69, 9.17) is 27.9 Å². The molecule has 0 aliphatic rings. The minimum Gasteiger partial charge on any atom is -0.741 e. The number of hydrogen-bond donors (Lipinski definition) is 0. The summed E-state index contributed by atoms with van der Waals surface area (Å²) in [5.74, 6) is 0. The number of aryl methyl sites for hydroxylation is 1. The van der Waals surface area contributed by atoms with E-state index in [9.17, 15) is 13.2 Å². The fourth-order valence-electron chi connectivity index (χ4n) is 6.65. The Hall–Kier alpha value is -4.97. The van der Waals surface area contributed by atoms with Crippen LogP contribution in [0.1, 0.15) is 133 Å². The van der Waals surface area contributed by atoms with E-state index in [2.05, 4.69) is 205 Å². The number of hydrogen-bond acceptors (Lipinski definition) is 6. The third kappa shape index (κ3) is 15.8. The molecule has 6 aromatic rings. The van der Waals surface area contributed by atoms with Crippen molar-refractivity contribution in [1.29, 1.82) is 0 Å². The second kappa shape index (κ2) is 22.2. The van der Waals surface area contributed by atoms with Gasteiger partial charge < -0.3 is 4.55 Å². The summed E-state index contributed by atoms with van der Waals surface area (Å²) in [4.78, 5) is 16.4. The van der Waals surface area contributed by atoms with Gasteiger partial charge in [0.05, 0.1) is 34.2 Å². The number of halogens is 3. The van der Waals surface area contributed by atoms with Gasteiger partial charge >= 0.3 is 27.9 Å². The van der Waals surface area contributed by atoms with Crippen LogP contribution in [0.15, 0.2) is 156 Å². The van der Waals surface area contributed by atoms with E-state index >= 15 is 0 Å². The number of aliphatic imine (C=N–C) groups is 2. The Balaban J connectivity index is 0.000000614. The molecule has 5 aromatic carbocycles. The topological polar surface area (TPSA) is 94.8 Å². The van der Waals surface area contributed by atoms with Gasteiger partial charge in [0.25, 0.3) is 0 Å². The predicted octanol–water partition coefficient (Wildman–Crippen LogP) is 14.7. The normalized spacial score (nSPS) is 12.8. The fraction of sp³-hybridized carbons (Fsp3) is 0.327. The van der Waals surface area contributed by atoms with Crippen LogP contribution in [-0.4, -0.2) is 34.9 Å². The smallest absolute Gasteiger partial charge is 0.741 e. The summed E-state index contributed by atoms with van der Waals surface area (Å²) in [5, 5.41) is 0. The van der Waals surface area contributed by atoms with Crippen LogP contribution in [0.25, 0.3) is 0 Å². The van der Waals surface area contributed by atoms with Gasteiger partial charge in [-0.1, -0.05) is 210 Å². The Bertz CT molecular complexity index is 2550. The molecule has 0 saturated heterocycles. The molecule has 0 atom stereocenters. The Kier molecular flexibility index (Phi) is 18.6. The molecule has 0 fully saturated rings. The molecule has 1 heterocycles. The summed E-state index contributed by atoms with van der Waals surface area (Å²) in [6.07, 6.45) is 0. The third-order valence-corrected chi connectivity index (χ3v) is 10.9. The first kappa shape index (κ1) is 55.4. The number of pyridine rings is 1. The molecule has 0 aliphatic carbocycles. The van der Waals surface area contributed by atoms with E-state index in [0.29, 0.717) is 0 Å². The minimum atomic E-state index is -6.09. The van der Waals surface area contributed by atoms with E-state index in [0.717, 1.165) is 45.3 Å². The largest absolute Gasteiger partial charge is 1.00 e. The van der Waals surface area contributed by atoms with E-state index in [1.807, 2.05) is 30.3 Å². The molecule has 6 nitrogen and oxygen atoms in total. The SMILES string of the molecule is CC(C)(C)c1ccc(C(C)(C)C)c(N=C(c2ccccc2)c2cccc(C(=Nc3cc(C(C)(C)C)ccc3C(C)(C)C)c3ccccc3)n2)c1.Cc1ccccc1.O=S(=O)([O-])C(F)(F)F.[Ag+]. The zero-order valence-corrected chi connectivity index (χ0v) is 42.6. The zero-order valence-electron chi connectivity index (χ0n) is 40.3. The van der Waals surface area contributed by atoms with Gasteiger partial charge in [0.1, 0.15) is 0 Å². The first-order valence-electron chi connectivity index (χ1n) is 21.6. The van der Waals surface area contributed by atoms with Gasteiger partial charge in [-0.25, -0.2) is 23.4 Å². The zero-order chi connectivity index (χ0) is 48.6. The van der Waals surface area contributed by atoms with Crippen molar-refractivity contribution in [2.75, 3.05) is 0 Å². The van der Waals surface area contributed by atoms with Crippen molar-refractivity contribution in [3.05, 3.63) is 196 Å². The Morgan fingerprint density at radius 3 is 1.06 bits per heavy atom. The molecule has 0 saturated carbocycles. The van der Waals surface area contributed by atoms with E-state index < -0.39 is 15.6 Å². The van der Waals surface area contributed by atoms with Crippen LogP contribution in [0.3, 0.4) is 0 Å². The molecule has 6 rings (SSSR count). The minimum absolute atomic E-state index is 0. The van der Waals surface area contributed by atoms with Crippen LogP contribution in [0.2, 0.25) is 0 Å². The Morgan fingerprint density at radius 1 is 0.485 bits per heavy atom. The average Bonchev–Trinajstić information content (AvgIpc) is 3.21. The van der Waals surface area contributed by atoms with Crippen molar-refractivity contribution < 1.29 is 48.5 Å². The van der Waals surface area contributed by atoms with Crippen LogP contribution in [0.5, 0.6) is 0 Å². The molecular weight excluding hydrogens is 948 g/mol. The van der Waals surface area contributed by atoms with Gasteiger partial charge in [-0.3, -0.25) is 0 Å². The Morgan fingerprint density at radius 2 is 0.803 bits per heavy atom.